The first-order chi connectivity index (χ1) is 18.5. The number of aromatic nitrogens is 4. The molecular weight excluding hydrogens is 476 g/mol. The highest BCUT2D eigenvalue weighted by Gasteiger charge is 2.54. The number of nitrogens with zero attached hydrogens (tertiary/aromatic N) is 4. The molecule has 1 aromatic carbocycles. The number of rotatable bonds is 7. The summed E-state index contributed by atoms with van der Waals surface area (Å²) in [7, 11) is 0. The average Bonchev–Trinajstić information content (AvgIpc) is 3.52. The number of imidazole rings is 1. The highest BCUT2D eigenvalue weighted by atomic mass is 16.2. The van der Waals surface area contributed by atoms with Gasteiger partial charge in [0, 0.05) is 36.1 Å². The normalized spacial score (nSPS) is 25.5. The number of benzene rings is 1. The van der Waals surface area contributed by atoms with E-state index in [1.165, 1.54) is 19.3 Å². The van der Waals surface area contributed by atoms with Crippen molar-refractivity contribution in [1.29, 1.82) is 0 Å². The minimum Gasteiger partial charge on any atom is -0.352 e. The highest BCUT2D eigenvalue weighted by molar-refractivity contribution is 6.04. The second kappa shape index (κ2) is 9.11. The molecule has 2 amide bonds. The molecule has 194 valence electrons. The molecule has 38 heavy (non-hydrogen) atoms. The summed E-state index contributed by atoms with van der Waals surface area (Å²) in [6, 6.07) is 13.3. The fourth-order valence-corrected chi connectivity index (χ4v) is 7.48. The molecule has 4 aliphatic rings. The van der Waals surface area contributed by atoms with Gasteiger partial charge in [0.05, 0.1) is 24.1 Å². The van der Waals surface area contributed by atoms with Gasteiger partial charge in [-0.25, -0.2) is 4.98 Å². The van der Waals surface area contributed by atoms with E-state index in [2.05, 4.69) is 20.7 Å². The number of nitrogens with one attached hydrogen (secondary N) is 2. The number of carbonyl (C=O) groups is 2. The van der Waals surface area contributed by atoms with E-state index in [0.29, 0.717) is 24.3 Å². The lowest BCUT2D eigenvalue weighted by molar-refractivity contribution is -0.146. The zero-order valence-corrected chi connectivity index (χ0v) is 21.3. The van der Waals surface area contributed by atoms with Crippen LogP contribution in [0.15, 0.2) is 67.3 Å². The second-order valence-electron chi connectivity index (χ2n) is 11.7. The first-order valence-corrected chi connectivity index (χ1v) is 13.6. The molecule has 4 aliphatic carbocycles. The van der Waals surface area contributed by atoms with Gasteiger partial charge in [0.25, 0.3) is 5.91 Å². The number of hydrogen-bond donors (Lipinski definition) is 2. The van der Waals surface area contributed by atoms with Crippen LogP contribution in [0.5, 0.6) is 0 Å². The van der Waals surface area contributed by atoms with Gasteiger partial charge in [0.2, 0.25) is 5.91 Å². The summed E-state index contributed by atoms with van der Waals surface area (Å²) in [5.41, 5.74) is 3.84. The molecule has 8 heteroatoms. The maximum atomic E-state index is 13.2. The van der Waals surface area contributed by atoms with Gasteiger partial charge >= 0.3 is 0 Å². The molecular formula is C30H32N6O2. The molecule has 2 N–H and O–H groups in total. The van der Waals surface area contributed by atoms with Crippen LogP contribution in [0.1, 0.15) is 60.1 Å². The summed E-state index contributed by atoms with van der Waals surface area (Å²) in [6.07, 6.45) is 14.6. The van der Waals surface area contributed by atoms with E-state index in [-0.39, 0.29) is 17.2 Å². The minimum atomic E-state index is -0.193. The summed E-state index contributed by atoms with van der Waals surface area (Å²) < 4.78 is 3.73. The van der Waals surface area contributed by atoms with Gasteiger partial charge in [0.15, 0.2) is 0 Å². The topological polar surface area (TPSA) is 93.3 Å². The summed E-state index contributed by atoms with van der Waals surface area (Å²) in [6.45, 7) is 1.01. The number of fused-ring (bicyclic) bond motifs is 1. The van der Waals surface area contributed by atoms with E-state index in [0.717, 1.165) is 53.9 Å². The number of amides is 2. The van der Waals surface area contributed by atoms with E-state index < -0.39 is 0 Å². The van der Waals surface area contributed by atoms with Crippen molar-refractivity contribution in [3.63, 3.8) is 0 Å². The minimum absolute atomic E-state index is 0.135. The van der Waals surface area contributed by atoms with Crippen molar-refractivity contribution in [3.05, 3.63) is 84.1 Å². The van der Waals surface area contributed by atoms with Crippen LogP contribution >= 0.6 is 0 Å². The van der Waals surface area contributed by atoms with Crippen molar-refractivity contribution >= 4 is 23.1 Å². The molecule has 4 fully saturated rings. The molecule has 0 atom stereocenters. The molecule has 3 aromatic heterocycles. The van der Waals surface area contributed by atoms with Crippen LogP contribution in [-0.2, 0) is 17.9 Å². The zero-order valence-electron chi connectivity index (χ0n) is 21.3. The van der Waals surface area contributed by atoms with Crippen LogP contribution in [0.3, 0.4) is 0 Å². The fraction of sp³-hybridized carbons (Fsp3) is 0.400. The Bertz CT molecular complexity index is 1430. The van der Waals surface area contributed by atoms with Crippen molar-refractivity contribution in [2.75, 3.05) is 5.32 Å². The summed E-state index contributed by atoms with van der Waals surface area (Å²) >= 11 is 0. The molecule has 0 aliphatic heterocycles. The third kappa shape index (κ3) is 4.38. The van der Waals surface area contributed by atoms with E-state index in [4.69, 9.17) is 0 Å². The molecule has 0 unspecified atom stereocenters. The van der Waals surface area contributed by atoms with Crippen LogP contribution in [0, 0.1) is 23.2 Å². The molecule has 8 nitrogen and oxygen atoms in total. The maximum Gasteiger partial charge on any atom is 0.255 e. The summed E-state index contributed by atoms with van der Waals surface area (Å²) in [5.74, 6) is 2.30. The quantitative estimate of drug-likeness (QED) is 0.380. The molecule has 4 bridgehead atoms. The lowest BCUT2D eigenvalue weighted by atomic mass is 9.49. The molecule has 8 rings (SSSR count). The Morgan fingerprint density at radius 2 is 1.68 bits per heavy atom. The number of hydrogen-bond acceptors (Lipinski definition) is 4. The summed E-state index contributed by atoms with van der Waals surface area (Å²) in [4.78, 5) is 30.6. The molecule has 0 radical (unpaired) electrons. The number of pyridine rings is 1. The van der Waals surface area contributed by atoms with Crippen LogP contribution in [0.25, 0.3) is 5.65 Å². The first kappa shape index (κ1) is 23.2. The van der Waals surface area contributed by atoms with E-state index in [1.54, 1.807) is 17.1 Å². The Morgan fingerprint density at radius 3 is 2.39 bits per heavy atom. The molecule has 0 spiro atoms. The van der Waals surface area contributed by atoms with Gasteiger partial charge in [-0.1, -0.05) is 18.2 Å². The van der Waals surface area contributed by atoms with Gasteiger partial charge in [0.1, 0.15) is 5.65 Å². The Balaban J connectivity index is 0.937. The van der Waals surface area contributed by atoms with Gasteiger partial charge in [-0.2, -0.15) is 5.10 Å². The third-order valence-corrected chi connectivity index (χ3v) is 8.82. The lowest BCUT2D eigenvalue weighted by Crippen LogP contribution is -2.53. The second-order valence-corrected chi connectivity index (χ2v) is 11.7. The van der Waals surface area contributed by atoms with Crippen LogP contribution in [-0.4, -0.2) is 31.0 Å². The fourth-order valence-electron chi connectivity index (χ4n) is 7.48. The lowest BCUT2D eigenvalue weighted by Gasteiger charge is -2.55. The Hall–Kier alpha value is -3.94. The van der Waals surface area contributed by atoms with Crippen molar-refractivity contribution in [1.82, 2.24) is 24.5 Å². The first-order valence-electron chi connectivity index (χ1n) is 13.6. The van der Waals surface area contributed by atoms with Gasteiger partial charge < -0.3 is 15.0 Å². The Morgan fingerprint density at radius 1 is 0.947 bits per heavy atom. The Labute approximate surface area is 221 Å². The summed E-state index contributed by atoms with van der Waals surface area (Å²) in [5, 5.41) is 10.5. The smallest absolute Gasteiger partial charge is 0.255 e. The molecule has 4 saturated carbocycles. The molecule has 0 saturated heterocycles. The third-order valence-electron chi connectivity index (χ3n) is 8.82. The highest BCUT2D eigenvalue weighted by Crippen LogP contribution is 2.60. The van der Waals surface area contributed by atoms with Crippen molar-refractivity contribution < 1.29 is 9.59 Å². The maximum absolute atomic E-state index is 13.2. The molecule has 4 aromatic rings. The van der Waals surface area contributed by atoms with Gasteiger partial charge in [-0.3, -0.25) is 14.3 Å². The van der Waals surface area contributed by atoms with E-state index >= 15 is 0 Å². The predicted octanol–water partition coefficient (Wildman–Crippen LogP) is 4.66. The monoisotopic (exact) mass is 508 g/mol. The predicted molar refractivity (Wildman–Crippen MR) is 143 cm³/mol. The SMILES string of the molecule is O=C(Nc1cnn(Cc2cn3ccccc3n2)c1)c1ccc(CNC(=O)C23CC4CC(CC(C4)C2)C3)cc1. The van der Waals surface area contributed by atoms with E-state index in [9.17, 15) is 9.59 Å². The van der Waals surface area contributed by atoms with Crippen LogP contribution in [0.4, 0.5) is 5.69 Å². The largest absolute Gasteiger partial charge is 0.352 e. The number of anilines is 1. The number of carbonyl (C=O) groups excluding carboxylic acids is 2. The van der Waals surface area contributed by atoms with Crippen molar-refractivity contribution in [2.24, 2.45) is 23.2 Å². The average molecular weight is 509 g/mol. The van der Waals surface area contributed by atoms with Gasteiger partial charge in [-0.15, -0.1) is 0 Å². The van der Waals surface area contributed by atoms with Crippen LogP contribution < -0.4 is 10.6 Å². The van der Waals surface area contributed by atoms with Crippen LogP contribution in [0.2, 0.25) is 0 Å². The van der Waals surface area contributed by atoms with Crippen molar-refractivity contribution in [3.8, 4) is 0 Å². The van der Waals surface area contributed by atoms with Crippen molar-refractivity contribution in [2.45, 2.75) is 51.6 Å². The zero-order chi connectivity index (χ0) is 25.7. The standard InChI is InChI=1S/C30H32N6O2/c37-28(34-25-16-32-36(18-25)19-26-17-35-8-2-1-3-27(35)33-26)24-6-4-20(5-7-24)15-31-29(38)30-12-21-9-22(13-30)11-23(10-21)14-30/h1-8,16-18,21-23H,9-15,19H2,(H,31,38)(H,34,37). The molecule has 3 heterocycles. The Kier molecular flexibility index (Phi) is 5.56. The van der Waals surface area contributed by atoms with E-state index in [1.807, 2.05) is 59.3 Å². The van der Waals surface area contributed by atoms with Gasteiger partial charge in [-0.05, 0) is 86.1 Å².